The maximum Gasteiger partial charge on any atom is 0.417 e. The summed E-state index contributed by atoms with van der Waals surface area (Å²) in [5.74, 6) is -1.22. The molecule has 10 nitrogen and oxygen atoms in total. The molecule has 0 saturated carbocycles. The minimum atomic E-state index is -4.70. The number of hydrogen-bond donors (Lipinski definition) is 2. The van der Waals surface area contributed by atoms with E-state index < -0.39 is 48.4 Å². The number of nitrogens with zero attached hydrogens (tertiary/aromatic N) is 1. The van der Waals surface area contributed by atoms with Crippen molar-refractivity contribution in [1.82, 2.24) is 9.88 Å². The van der Waals surface area contributed by atoms with E-state index in [1.807, 2.05) is 5.32 Å². The van der Waals surface area contributed by atoms with Gasteiger partial charge in [0, 0.05) is 24.0 Å². The lowest BCUT2D eigenvalue weighted by Gasteiger charge is -2.19. The van der Waals surface area contributed by atoms with Crippen LogP contribution in [-0.4, -0.2) is 42.3 Å². The van der Waals surface area contributed by atoms with Crippen LogP contribution < -0.4 is 25.7 Å². The topological polar surface area (TPSA) is 125 Å². The SMILES string of the molecule is O=C(COC(=O)Cn1cc(C(F)(F)F)ccc1=O)NC(=O)Nc1ccc2c(c1)OCCO2. The Balaban J connectivity index is 1.48. The molecule has 0 bridgehead atoms. The fourth-order valence-electron chi connectivity index (χ4n) is 2.60. The van der Waals surface area contributed by atoms with Crippen molar-refractivity contribution in [2.45, 2.75) is 12.7 Å². The van der Waals surface area contributed by atoms with Gasteiger partial charge in [-0.05, 0) is 18.2 Å². The number of nitrogens with one attached hydrogen (secondary N) is 2. The number of carbonyl (C=O) groups is 3. The van der Waals surface area contributed by atoms with Crippen LogP contribution in [0.5, 0.6) is 11.5 Å². The van der Waals surface area contributed by atoms with Crippen molar-refractivity contribution < 1.29 is 41.8 Å². The second-order valence-corrected chi connectivity index (χ2v) is 6.40. The number of rotatable bonds is 5. The van der Waals surface area contributed by atoms with Gasteiger partial charge in [-0.1, -0.05) is 0 Å². The average molecular weight is 455 g/mol. The molecule has 1 aliphatic heterocycles. The van der Waals surface area contributed by atoms with Gasteiger partial charge in [-0.15, -0.1) is 0 Å². The monoisotopic (exact) mass is 455 g/mol. The van der Waals surface area contributed by atoms with E-state index in [1.165, 1.54) is 12.1 Å². The Morgan fingerprint density at radius 3 is 2.50 bits per heavy atom. The number of esters is 1. The molecule has 3 amide bonds. The second-order valence-electron chi connectivity index (χ2n) is 6.40. The third-order valence-corrected chi connectivity index (χ3v) is 4.03. The van der Waals surface area contributed by atoms with Crippen molar-refractivity contribution >= 4 is 23.6 Å². The molecular formula is C19H16F3N3O7. The van der Waals surface area contributed by atoms with Crippen molar-refractivity contribution in [3.05, 3.63) is 52.4 Å². The number of halogens is 3. The van der Waals surface area contributed by atoms with Gasteiger partial charge in [-0.25, -0.2) is 4.79 Å². The van der Waals surface area contributed by atoms with Crippen molar-refractivity contribution in [3.63, 3.8) is 0 Å². The molecule has 0 spiro atoms. The highest BCUT2D eigenvalue weighted by molar-refractivity contribution is 6.02. The van der Waals surface area contributed by atoms with Crippen LogP contribution in [0.1, 0.15) is 5.56 Å². The lowest BCUT2D eigenvalue weighted by atomic mass is 10.2. The van der Waals surface area contributed by atoms with Gasteiger partial charge >= 0.3 is 18.2 Å². The van der Waals surface area contributed by atoms with E-state index >= 15 is 0 Å². The number of amides is 3. The first-order valence-electron chi connectivity index (χ1n) is 9.05. The molecule has 0 atom stereocenters. The zero-order valence-electron chi connectivity index (χ0n) is 16.2. The van der Waals surface area contributed by atoms with Gasteiger partial charge < -0.3 is 24.1 Å². The zero-order chi connectivity index (χ0) is 23.3. The highest BCUT2D eigenvalue weighted by Crippen LogP contribution is 2.32. The van der Waals surface area contributed by atoms with Crippen molar-refractivity contribution in [2.75, 3.05) is 25.1 Å². The summed E-state index contributed by atoms with van der Waals surface area (Å²) in [5, 5.41) is 4.29. The van der Waals surface area contributed by atoms with Gasteiger partial charge in [0.25, 0.3) is 11.5 Å². The number of anilines is 1. The van der Waals surface area contributed by atoms with Gasteiger partial charge in [0.15, 0.2) is 18.1 Å². The molecule has 1 aromatic heterocycles. The smallest absolute Gasteiger partial charge is 0.417 e. The summed E-state index contributed by atoms with van der Waals surface area (Å²) in [5.41, 5.74) is -1.68. The number of aromatic nitrogens is 1. The predicted molar refractivity (Wildman–Crippen MR) is 101 cm³/mol. The van der Waals surface area contributed by atoms with Crippen LogP contribution in [0.15, 0.2) is 41.3 Å². The predicted octanol–water partition coefficient (Wildman–Crippen LogP) is 1.53. The Morgan fingerprint density at radius 2 is 1.78 bits per heavy atom. The first-order valence-corrected chi connectivity index (χ1v) is 9.05. The van der Waals surface area contributed by atoms with E-state index in [0.29, 0.717) is 53.3 Å². The van der Waals surface area contributed by atoms with Gasteiger partial charge in [-0.2, -0.15) is 13.2 Å². The van der Waals surface area contributed by atoms with Crippen molar-refractivity contribution in [2.24, 2.45) is 0 Å². The largest absolute Gasteiger partial charge is 0.486 e. The molecule has 170 valence electrons. The molecule has 0 radical (unpaired) electrons. The molecule has 2 aromatic rings. The number of pyridine rings is 1. The Bertz CT molecular complexity index is 1100. The fourth-order valence-corrected chi connectivity index (χ4v) is 2.60. The lowest BCUT2D eigenvalue weighted by molar-refractivity contribution is -0.149. The van der Waals surface area contributed by atoms with Crippen LogP contribution in [-0.2, 0) is 27.0 Å². The summed E-state index contributed by atoms with van der Waals surface area (Å²) in [4.78, 5) is 47.1. The van der Waals surface area contributed by atoms with Gasteiger partial charge in [0.2, 0.25) is 0 Å². The fraction of sp³-hybridized carbons (Fsp3) is 0.263. The number of ether oxygens (including phenoxy) is 3. The summed E-state index contributed by atoms with van der Waals surface area (Å²) in [7, 11) is 0. The van der Waals surface area contributed by atoms with Crippen molar-refractivity contribution in [1.29, 1.82) is 0 Å². The molecule has 0 unspecified atom stereocenters. The van der Waals surface area contributed by atoms with Gasteiger partial charge in [0.05, 0.1) is 5.56 Å². The third-order valence-electron chi connectivity index (χ3n) is 4.03. The van der Waals surface area contributed by atoms with Crippen LogP contribution in [0.25, 0.3) is 0 Å². The molecule has 32 heavy (non-hydrogen) atoms. The number of benzene rings is 1. The second kappa shape index (κ2) is 9.41. The number of carbonyl (C=O) groups excluding carboxylic acids is 3. The summed E-state index contributed by atoms with van der Waals surface area (Å²) in [6, 6.07) is 4.90. The van der Waals surface area contributed by atoms with Crippen LogP contribution in [0.2, 0.25) is 0 Å². The van der Waals surface area contributed by atoms with Crippen LogP contribution in [0.3, 0.4) is 0 Å². The number of hydrogen-bond acceptors (Lipinski definition) is 7. The normalized spacial score (nSPS) is 12.6. The maximum absolute atomic E-state index is 12.7. The third kappa shape index (κ3) is 6.00. The molecule has 13 heteroatoms. The van der Waals surface area contributed by atoms with E-state index in [0.717, 1.165) is 0 Å². The molecule has 2 heterocycles. The van der Waals surface area contributed by atoms with Crippen molar-refractivity contribution in [3.8, 4) is 11.5 Å². The lowest BCUT2D eigenvalue weighted by Crippen LogP contribution is -2.37. The quantitative estimate of drug-likeness (QED) is 0.655. The standard InChI is InChI=1S/C19H16F3N3O7/c20-19(21,22)11-1-4-16(27)25(8-11)9-17(28)32-10-15(26)24-18(29)23-12-2-3-13-14(7-12)31-6-5-30-13/h1-4,7-8H,5-6,9-10H2,(H2,23,24,26,29). The van der Waals surface area contributed by atoms with Gasteiger partial charge in [-0.3, -0.25) is 19.7 Å². The summed E-state index contributed by atoms with van der Waals surface area (Å²) in [6.45, 7) is -0.991. The van der Waals surface area contributed by atoms with Crippen LogP contribution in [0, 0.1) is 0 Å². The van der Waals surface area contributed by atoms with E-state index in [1.54, 1.807) is 6.07 Å². The number of alkyl halides is 3. The highest BCUT2D eigenvalue weighted by atomic mass is 19.4. The summed E-state index contributed by atoms with van der Waals surface area (Å²) < 4.78 is 54.0. The number of imide groups is 1. The minimum Gasteiger partial charge on any atom is -0.486 e. The van der Waals surface area contributed by atoms with E-state index in [-0.39, 0.29) is 0 Å². The molecular weight excluding hydrogens is 439 g/mol. The minimum absolute atomic E-state index is 0.306. The Labute approximate surface area is 177 Å². The van der Waals surface area contributed by atoms with Crippen LogP contribution >= 0.6 is 0 Å². The molecule has 2 N–H and O–H groups in total. The van der Waals surface area contributed by atoms with E-state index in [4.69, 9.17) is 9.47 Å². The number of fused-ring (bicyclic) bond motifs is 1. The highest BCUT2D eigenvalue weighted by Gasteiger charge is 2.31. The maximum atomic E-state index is 12.7. The first-order chi connectivity index (χ1) is 15.1. The molecule has 1 aliphatic rings. The van der Waals surface area contributed by atoms with E-state index in [9.17, 15) is 32.3 Å². The molecule has 3 rings (SSSR count). The Morgan fingerprint density at radius 1 is 1.06 bits per heavy atom. The molecule has 0 aliphatic carbocycles. The zero-order valence-corrected chi connectivity index (χ0v) is 16.2. The molecule has 0 fully saturated rings. The summed E-state index contributed by atoms with van der Waals surface area (Å²) in [6.07, 6.45) is -4.24. The molecule has 0 saturated heterocycles. The Kier molecular flexibility index (Phi) is 6.66. The average Bonchev–Trinajstić information content (AvgIpc) is 2.73. The van der Waals surface area contributed by atoms with Crippen LogP contribution in [0.4, 0.5) is 23.7 Å². The first kappa shape index (κ1) is 22.7. The number of urea groups is 1. The Hall–Kier alpha value is -4.03. The van der Waals surface area contributed by atoms with Gasteiger partial charge in [0.1, 0.15) is 19.8 Å². The summed E-state index contributed by atoms with van der Waals surface area (Å²) >= 11 is 0. The molecule has 1 aromatic carbocycles. The van der Waals surface area contributed by atoms with E-state index in [2.05, 4.69) is 10.1 Å².